The highest BCUT2D eigenvalue weighted by atomic mass is 16.5. The fourth-order valence-electron chi connectivity index (χ4n) is 3.57. The van der Waals surface area contributed by atoms with Crippen LogP contribution in [-0.2, 0) is 6.54 Å². The van der Waals surface area contributed by atoms with Crippen molar-refractivity contribution in [3.63, 3.8) is 0 Å². The van der Waals surface area contributed by atoms with Crippen molar-refractivity contribution in [1.82, 2.24) is 24.9 Å². The minimum atomic E-state index is -0.286. The Labute approximate surface area is 190 Å². The molecule has 0 spiro atoms. The number of anilines is 1. The van der Waals surface area contributed by atoms with Crippen molar-refractivity contribution >= 4 is 17.5 Å². The Morgan fingerprint density at radius 1 is 1.21 bits per heavy atom. The molecule has 0 bridgehead atoms. The van der Waals surface area contributed by atoms with Crippen molar-refractivity contribution in [3.05, 3.63) is 66.0 Å². The molecule has 1 aliphatic rings. The standard InChI is InChI=1S/C24H24N6O3/c1-32-23-19(10-18(13-27-23)16-8-9-30-21(11-16)28-24(25)29-30)22(31)26-12-17-4-2-3-5-20(17)33-14-15-6-7-15/h2-5,8-11,13,15H,6-7,12,14H2,1H3,(H2,25,29)(H,26,31). The summed E-state index contributed by atoms with van der Waals surface area (Å²) in [4.78, 5) is 21.6. The molecule has 168 valence electrons. The van der Waals surface area contributed by atoms with Crippen LogP contribution in [0.5, 0.6) is 11.6 Å². The van der Waals surface area contributed by atoms with Crippen LogP contribution in [0.3, 0.4) is 0 Å². The lowest BCUT2D eigenvalue weighted by molar-refractivity contribution is 0.0947. The molecular weight excluding hydrogens is 420 g/mol. The summed E-state index contributed by atoms with van der Waals surface area (Å²) in [6.45, 7) is 1.05. The van der Waals surface area contributed by atoms with E-state index in [2.05, 4.69) is 20.4 Å². The summed E-state index contributed by atoms with van der Waals surface area (Å²) in [5.41, 5.74) is 9.12. The molecule has 1 fully saturated rings. The molecule has 1 aromatic carbocycles. The number of para-hydroxylation sites is 1. The molecule has 1 amide bonds. The number of rotatable bonds is 8. The fourth-order valence-corrected chi connectivity index (χ4v) is 3.57. The molecule has 0 radical (unpaired) electrons. The van der Waals surface area contributed by atoms with Crippen molar-refractivity contribution in [3.8, 4) is 22.8 Å². The number of hydrogen-bond donors (Lipinski definition) is 2. The first-order valence-electron chi connectivity index (χ1n) is 10.8. The Bertz CT molecular complexity index is 1310. The van der Waals surface area contributed by atoms with Crippen LogP contribution in [0, 0.1) is 5.92 Å². The predicted octanol–water partition coefficient (Wildman–Crippen LogP) is 3.10. The zero-order valence-corrected chi connectivity index (χ0v) is 18.2. The summed E-state index contributed by atoms with van der Waals surface area (Å²) in [6, 6.07) is 13.2. The second-order valence-electron chi connectivity index (χ2n) is 8.01. The van der Waals surface area contributed by atoms with E-state index < -0.39 is 0 Å². The third-order valence-corrected chi connectivity index (χ3v) is 5.56. The van der Waals surface area contributed by atoms with Crippen molar-refractivity contribution in [2.24, 2.45) is 5.92 Å². The first-order chi connectivity index (χ1) is 16.1. The molecular formula is C24H24N6O3. The molecule has 4 aromatic rings. The van der Waals surface area contributed by atoms with Gasteiger partial charge >= 0.3 is 0 Å². The number of aromatic nitrogens is 4. The molecule has 33 heavy (non-hydrogen) atoms. The van der Waals surface area contributed by atoms with E-state index in [9.17, 15) is 4.79 Å². The Morgan fingerprint density at radius 3 is 2.88 bits per heavy atom. The number of nitrogens with zero attached hydrogens (tertiary/aromatic N) is 4. The van der Waals surface area contributed by atoms with E-state index in [0.717, 1.165) is 22.4 Å². The van der Waals surface area contributed by atoms with Gasteiger partial charge in [0.15, 0.2) is 5.65 Å². The van der Waals surface area contributed by atoms with E-state index in [1.165, 1.54) is 20.0 Å². The van der Waals surface area contributed by atoms with Gasteiger partial charge in [-0.05, 0) is 48.6 Å². The smallest absolute Gasteiger partial charge is 0.257 e. The van der Waals surface area contributed by atoms with Crippen LogP contribution >= 0.6 is 0 Å². The van der Waals surface area contributed by atoms with Gasteiger partial charge in [-0.2, -0.15) is 4.98 Å². The summed E-state index contributed by atoms with van der Waals surface area (Å²) in [6.07, 6.45) is 5.86. The number of hydrogen-bond acceptors (Lipinski definition) is 7. The van der Waals surface area contributed by atoms with E-state index in [1.807, 2.05) is 36.4 Å². The maximum Gasteiger partial charge on any atom is 0.257 e. The third kappa shape index (κ3) is 4.57. The van der Waals surface area contributed by atoms with Crippen LogP contribution in [0.2, 0.25) is 0 Å². The van der Waals surface area contributed by atoms with Gasteiger partial charge in [0, 0.05) is 30.1 Å². The van der Waals surface area contributed by atoms with Crippen molar-refractivity contribution < 1.29 is 14.3 Å². The minimum Gasteiger partial charge on any atom is -0.493 e. The Morgan fingerprint density at radius 2 is 2.06 bits per heavy atom. The average Bonchev–Trinajstić information content (AvgIpc) is 3.59. The van der Waals surface area contributed by atoms with Crippen molar-refractivity contribution in [1.29, 1.82) is 0 Å². The van der Waals surface area contributed by atoms with Crippen LogP contribution in [-0.4, -0.2) is 39.2 Å². The second-order valence-corrected chi connectivity index (χ2v) is 8.01. The highest BCUT2D eigenvalue weighted by Crippen LogP contribution is 2.30. The molecule has 1 saturated carbocycles. The first kappa shape index (κ1) is 20.7. The lowest BCUT2D eigenvalue weighted by atomic mass is 10.1. The molecule has 0 unspecified atom stereocenters. The van der Waals surface area contributed by atoms with Crippen LogP contribution in [0.4, 0.5) is 5.95 Å². The molecule has 3 heterocycles. The van der Waals surface area contributed by atoms with Gasteiger partial charge in [-0.1, -0.05) is 18.2 Å². The Kier molecular flexibility index (Phi) is 5.52. The summed E-state index contributed by atoms with van der Waals surface area (Å²) in [5.74, 6) is 1.61. The number of pyridine rings is 2. The maximum atomic E-state index is 13.1. The molecule has 3 aromatic heterocycles. The number of carbonyl (C=O) groups is 1. The van der Waals surface area contributed by atoms with Gasteiger partial charge < -0.3 is 20.5 Å². The molecule has 0 saturated heterocycles. The third-order valence-electron chi connectivity index (χ3n) is 5.56. The monoisotopic (exact) mass is 444 g/mol. The van der Waals surface area contributed by atoms with Crippen molar-refractivity contribution in [2.75, 3.05) is 19.5 Å². The number of nitrogens with one attached hydrogen (secondary N) is 1. The number of benzene rings is 1. The minimum absolute atomic E-state index is 0.196. The molecule has 9 heteroatoms. The summed E-state index contributed by atoms with van der Waals surface area (Å²) in [5, 5.41) is 7.04. The number of fused-ring (bicyclic) bond motifs is 1. The first-order valence-corrected chi connectivity index (χ1v) is 10.8. The number of nitrogens with two attached hydrogens (primary N) is 1. The lowest BCUT2D eigenvalue weighted by Gasteiger charge is -2.13. The molecule has 0 atom stereocenters. The van der Waals surface area contributed by atoms with E-state index >= 15 is 0 Å². The molecule has 1 aliphatic carbocycles. The van der Waals surface area contributed by atoms with Crippen LogP contribution < -0.4 is 20.5 Å². The van der Waals surface area contributed by atoms with E-state index in [0.29, 0.717) is 30.3 Å². The quantitative estimate of drug-likeness (QED) is 0.429. The highest BCUT2D eigenvalue weighted by Gasteiger charge is 2.22. The Hall–Kier alpha value is -4.14. The van der Waals surface area contributed by atoms with Crippen LogP contribution in [0.15, 0.2) is 54.9 Å². The Balaban J connectivity index is 1.36. The normalized spacial score (nSPS) is 13.1. The highest BCUT2D eigenvalue weighted by molar-refractivity contribution is 5.97. The number of methoxy groups -OCH3 is 1. The second kappa shape index (κ2) is 8.78. The van der Waals surface area contributed by atoms with Gasteiger partial charge in [0.1, 0.15) is 11.3 Å². The van der Waals surface area contributed by atoms with Crippen LogP contribution in [0.1, 0.15) is 28.8 Å². The number of nitrogen functional groups attached to an aromatic ring is 1. The number of ether oxygens (including phenoxy) is 2. The number of amides is 1. The molecule has 3 N–H and O–H groups in total. The largest absolute Gasteiger partial charge is 0.493 e. The molecule has 9 nitrogen and oxygen atoms in total. The maximum absolute atomic E-state index is 13.1. The fraction of sp³-hybridized carbons (Fsp3) is 0.250. The van der Waals surface area contributed by atoms with Gasteiger partial charge in [0.05, 0.1) is 13.7 Å². The summed E-state index contributed by atoms with van der Waals surface area (Å²) >= 11 is 0. The van der Waals surface area contributed by atoms with Crippen LogP contribution in [0.25, 0.3) is 16.8 Å². The van der Waals surface area contributed by atoms with Gasteiger partial charge in [-0.15, -0.1) is 5.10 Å². The molecule has 0 aliphatic heterocycles. The predicted molar refractivity (Wildman–Crippen MR) is 123 cm³/mol. The van der Waals surface area contributed by atoms with E-state index in [-0.39, 0.29) is 17.7 Å². The van der Waals surface area contributed by atoms with Gasteiger partial charge in [-0.25, -0.2) is 9.50 Å². The van der Waals surface area contributed by atoms with E-state index in [1.54, 1.807) is 23.0 Å². The SMILES string of the molecule is COc1ncc(-c2ccn3nc(N)nc3c2)cc1C(=O)NCc1ccccc1OCC1CC1. The molecule has 5 rings (SSSR count). The lowest BCUT2D eigenvalue weighted by Crippen LogP contribution is -2.24. The van der Waals surface area contributed by atoms with E-state index in [4.69, 9.17) is 15.2 Å². The summed E-state index contributed by atoms with van der Waals surface area (Å²) < 4.78 is 12.9. The number of carbonyl (C=O) groups excluding carboxylic acids is 1. The zero-order valence-electron chi connectivity index (χ0n) is 18.2. The topological polar surface area (TPSA) is 117 Å². The zero-order chi connectivity index (χ0) is 22.8. The summed E-state index contributed by atoms with van der Waals surface area (Å²) in [7, 11) is 1.49. The van der Waals surface area contributed by atoms with Gasteiger partial charge in [-0.3, -0.25) is 4.79 Å². The van der Waals surface area contributed by atoms with Gasteiger partial charge in [0.25, 0.3) is 5.91 Å². The van der Waals surface area contributed by atoms with Gasteiger partial charge in [0.2, 0.25) is 11.8 Å². The van der Waals surface area contributed by atoms with Crippen molar-refractivity contribution in [2.45, 2.75) is 19.4 Å². The average molecular weight is 444 g/mol.